The van der Waals surface area contributed by atoms with Crippen LogP contribution >= 0.6 is 0 Å². The van der Waals surface area contributed by atoms with Crippen LogP contribution in [0.1, 0.15) is 62.3 Å². The number of allylic oxidation sites excluding steroid dienone is 5. The minimum absolute atomic E-state index is 0.408. The average Bonchev–Trinajstić information content (AvgIpc) is 2.66. The average molecular weight is 363 g/mol. The lowest BCUT2D eigenvalue weighted by Gasteiger charge is -2.17. The van der Waals surface area contributed by atoms with Crippen LogP contribution in [0.5, 0.6) is 0 Å². The van der Waals surface area contributed by atoms with Crippen LogP contribution in [0.25, 0.3) is 0 Å². The van der Waals surface area contributed by atoms with Gasteiger partial charge in [0.05, 0.1) is 11.4 Å². The molecule has 0 aliphatic carbocycles. The van der Waals surface area contributed by atoms with Crippen LogP contribution in [-0.2, 0) is 6.42 Å². The summed E-state index contributed by atoms with van der Waals surface area (Å²) in [6, 6.07) is 4.66. The van der Waals surface area contributed by atoms with Crippen LogP contribution in [0.3, 0.4) is 0 Å². The molecule has 0 saturated carbocycles. The van der Waals surface area contributed by atoms with Crippen molar-refractivity contribution >= 4 is 11.9 Å². The zero-order valence-electron chi connectivity index (χ0n) is 17.8. The van der Waals surface area contributed by atoms with E-state index in [-0.39, 0.29) is 0 Å². The van der Waals surface area contributed by atoms with E-state index < -0.39 is 0 Å². The quantitative estimate of drug-likeness (QED) is 0.332. The molecular formula is C25H34N2. The number of nitrogens with zero attached hydrogens (tertiary/aromatic N) is 2. The van der Waals surface area contributed by atoms with Crippen molar-refractivity contribution in [3.05, 3.63) is 83.2 Å². The van der Waals surface area contributed by atoms with E-state index in [4.69, 9.17) is 0 Å². The second-order valence-corrected chi connectivity index (χ2v) is 6.95. The molecule has 0 heterocycles. The van der Waals surface area contributed by atoms with Gasteiger partial charge in [0.15, 0.2) is 0 Å². The first-order valence-corrected chi connectivity index (χ1v) is 9.64. The summed E-state index contributed by atoms with van der Waals surface area (Å²) in [5, 5.41) is 0. The number of hydrogen-bond acceptors (Lipinski definition) is 2. The van der Waals surface area contributed by atoms with Crippen molar-refractivity contribution in [3.8, 4) is 0 Å². The van der Waals surface area contributed by atoms with Crippen molar-refractivity contribution in [1.29, 1.82) is 0 Å². The van der Waals surface area contributed by atoms with Gasteiger partial charge in [-0.15, -0.1) is 0 Å². The summed E-state index contributed by atoms with van der Waals surface area (Å²) in [7, 11) is 0. The molecule has 0 bridgehead atoms. The normalized spacial score (nSPS) is 14.1. The maximum atomic E-state index is 4.53. The summed E-state index contributed by atoms with van der Waals surface area (Å²) in [6.45, 7) is 20.7. The van der Waals surface area contributed by atoms with E-state index in [1.807, 2.05) is 38.3 Å². The van der Waals surface area contributed by atoms with Gasteiger partial charge in [0.1, 0.15) is 0 Å². The maximum absolute atomic E-state index is 4.53. The van der Waals surface area contributed by atoms with Gasteiger partial charge in [-0.25, -0.2) is 0 Å². The number of aryl methyl sites for hydroxylation is 2. The molecule has 0 spiro atoms. The molecule has 0 aromatic heterocycles. The van der Waals surface area contributed by atoms with E-state index in [0.29, 0.717) is 11.6 Å². The monoisotopic (exact) mass is 362 g/mol. The summed E-state index contributed by atoms with van der Waals surface area (Å²) in [4.78, 5) is 8.80. The number of hydrogen-bond donors (Lipinski definition) is 0. The van der Waals surface area contributed by atoms with Gasteiger partial charge >= 0.3 is 0 Å². The van der Waals surface area contributed by atoms with Gasteiger partial charge in [0.25, 0.3) is 0 Å². The lowest BCUT2D eigenvalue weighted by atomic mass is 9.89. The first-order valence-electron chi connectivity index (χ1n) is 9.64. The van der Waals surface area contributed by atoms with Gasteiger partial charge in [0.2, 0.25) is 0 Å². The van der Waals surface area contributed by atoms with Crippen LogP contribution in [0.2, 0.25) is 0 Å². The minimum Gasteiger partial charge on any atom is -0.259 e. The van der Waals surface area contributed by atoms with E-state index in [1.54, 1.807) is 6.21 Å². The van der Waals surface area contributed by atoms with Crippen molar-refractivity contribution in [3.63, 3.8) is 0 Å². The van der Waals surface area contributed by atoms with Crippen molar-refractivity contribution in [2.45, 2.75) is 60.3 Å². The molecule has 1 atom stereocenters. The number of aliphatic imine (C=N–C) groups is 2. The highest BCUT2D eigenvalue weighted by molar-refractivity contribution is 5.99. The molecule has 1 aromatic carbocycles. The predicted molar refractivity (Wildman–Crippen MR) is 122 cm³/mol. The Kier molecular flexibility index (Phi) is 9.42. The van der Waals surface area contributed by atoms with Crippen LogP contribution in [0.15, 0.2) is 71.0 Å². The molecule has 1 unspecified atom stereocenters. The van der Waals surface area contributed by atoms with E-state index in [1.165, 1.54) is 22.3 Å². The van der Waals surface area contributed by atoms with Crippen LogP contribution in [0, 0.1) is 13.8 Å². The summed E-state index contributed by atoms with van der Waals surface area (Å²) in [6.07, 6.45) is 11.3. The Hall–Kier alpha value is -2.48. The fourth-order valence-electron chi connectivity index (χ4n) is 2.84. The highest BCUT2D eigenvalue weighted by Crippen LogP contribution is 2.27. The lowest BCUT2D eigenvalue weighted by Crippen LogP contribution is -2.00. The summed E-state index contributed by atoms with van der Waals surface area (Å²) in [5.41, 5.74) is 8.18. The smallest absolute Gasteiger partial charge is 0.0769 e. The molecule has 0 saturated heterocycles. The van der Waals surface area contributed by atoms with E-state index in [9.17, 15) is 0 Å². The number of rotatable bonds is 9. The first-order chi connectivity index (χ1) is 12.8. The third kappa shape index (κ3) is 6.97. The Labute approximate surface area is 165 Å². The molecule has 1 rings (SSSR count). The zero-order valence-corrected chi connectivity index (χ0v) is 17.8. The van der Waals surface area contributed by atoms with E-state index in [2.05, 4.69) is 63.0 Å². The van der Waals surface area contributed by atoms with Crippen molar-refractivity contribution in [2.75, 3.05) is 0 Å². The molecule has 2 heteroatoms. The fourth-order valence-corrected chi connectivity index (χ4v) is 2.84. The molecule has 144 valence electrons. The summed E-state index contributed by atoms with van der Waals surface area (Å²) in [5.74, 6) is 0.408. The first kappa shape index (κ1) is 22.6. The maximum Gasteiger partial charge on any atom is 0.0769 e. The molecule has 27 heavy (non-hydrogen) atoms. The Morgan fingerprint density at radius 3 is 2.56 bits per heavy atom. The zero-order chi connectivity index (χ0) is 20.4. The van der Waals surface area contributed by atoms with E-state index in [0.717, 1.165) is 24.1 Å². The number of benzene rings is 1. The van der Waals surface area contributed by atoms with Crippen LogP contribution in [0.4, 0.5) is 0 Å². The minimum atomic E-state index is 0.408. The molecular weight excluding hydrogens is 328 g/mol. The largest absolute Gasteiger partial charge is 0.259 e. The topological polar surface area (TPSA) is 24.7 Å². The molecule has 0 aliphatic rings. The standard InChI is InChI=1S/C25H34N2/c1-9-12-13-26-21(7)22(8)27-17-23(10-2)14-19(5)25-15-18(4)20(6)24(11-3)16-25/h9-10,12-13,15-17,19H,2,7,11,14H2,1,3-6,8H3/b12-9-,23-17+,26-13-,27-22+. The Balaban J connectivity index is 2.96. The third-order valence-electron chi connectivity index (χ3n) is 4.90. The third-order valence-corrected chi connectivity index (χ3v) is 4.90. The Morgan fingerprint density at radius 2 is 1.96 bits per heavy atom. The fraction of sp³-hybridized carbons (Fsp3) is 0.360. The van der Waals surface area contributed by atoms with Crippen molar-refractivity contribution in [2.24, 2.45) is 9.98 Å². The second-order valence-electron chi connectivity index (χ2n) is 6.95. The van der Waals surface area contributed by atoms with Crippen molar-refractivity contribution in [1.82, 2.24) is 0 Å². The molecule has 0 radical (unpaired) electrons. The van der Waals surface area contributed by atoms with Crippen LogP contribution in [-0.4, -0.2) is 11.9 Å². The van der Waals surface area contributed by atoms with Gasteiger partial charge in [-0.1, -0.05) is 51.3 Å². The summed E-state index contributed by atoms with van der Waals surface area (Å²) >= 11 is 0. The van der Waals surface area contributed by atoms with Gasteiger partial charge in [-0.3, -0.25) is 9.98 Å². The molecule has 0 amide bonds. The lowest BCUT2D eigenvalue weighted by molar-refractivity contribution is 0.757. The van der Waals surface area contributed by atoms with Gasteiger partial charge in [0, 0.05) is 12.4 Å². The van der Waals surface area contributed by atoms with Gasteiger partial charge in [-0.05, 0) is 80.4 Å². The summed E-state index contributed by atoms with van der Waals surface area (Å²) < 4.78 is 0. The highest BCUT2D eigenvalue weighted by Gasteiger charge is 2.11. The molecule has 0 aliphatic heterocycles. The van der Waals surface area contributed by atoms with Gasteiger partial charge in [-0.2, -0.15) is 0 Å². The SMILES string of the molecule is C=C/C(=C\N=C(/C)C(=C)/N=C\C=C/C)CC(C)c1cc(C)c(C)c(CC)c1. The molecule has 0 fully saturated rings. The van der Waals surface area contributed by atoms with Crippen molar-refractivity contribution < 1.29 is 0 Å². The Morgan fingerprint density at radius 1 is 1.26 bits per heavy atom. The van der Waals surface area contributed by atoms with Gasteiger partial charge < -0.3 is 0 Å². The Bertz CT molecular complexity index is 789. The van der Waals surface area contributed by atoms with Crippen LogP contribution < -0.4 is 0 Å². The molecule has 2 nitrogen and oxygen atoms in total. The molecule has 0 N–H and O–H groups in total. The highest BCUT2D eigenvalue weighted by atomic mass is 14.8. The van der Waals surface area contributed by atoms with E-state index >= 15 is 0 Å². The molecule has 1 aromatic rings. The second kappa shape index (κ2) is 11.3. The predicted octanol–water partition coefficient (Wildman–Crippen LogP) is 7.05.